The number of nitrogens with two attached hydrogens (primary N) is 2. The van der Waals surface area contributed by atoms with Gasteiger partial charge in [-0.15, -0.1) is 5.73 Å². The van der Waals surface area contributed by atoms with Crippen LogP contribution in [0.2, 0.25) is 0 Å². The van der Waals surface area contributed by atoms with Gasteiger partial charge in [-0.25, -0.2) is 0 Å². The fraction of sp³-hybridized carbons (Fsp3) is 0.500. The topological polar surface area (TPSA) is 89.3 Å². The fourth-order valence-corrected chi connectivity index (χ4v) is 0.730. The van der Waals surface area contributed by atoms with Crippen LogP contribution in [-0.4, -0.2) is 23.2 Å². The molecule has 0 fully saturated rings. The summed E-state index contributed by atoms with van der Waals surface area (Å²) in [6.07, 6.45) is 2.50. The Balaban J connectivity index is 3.67. The second-order valence-corrected chi connectivity index (χ2v) is 2.56. The Kier molecular flexibility index (Phi) is 5.04. The molecule has 0 aliphatic rings. The zero-order valence-electron chi connectivity index (χ0n) is 6.86. The van der Waals surface area contributed by atoms with Crippen LogP contribution in [0.4, 0.5) is 0 Å². The molecule has 4 heteroatoms. The van der Waals surface area contributed by atoms with E-state index in [0.29, 0.717) is 12.8 Å². The molecule has 0 aromatic heterocycles. The lowest BCUT2D eigenvalue weighted by molar-refractivity contribution is -0.138. The molecule has 0 amide bonds. The van der Waals surface area contributed by atoms with E-state index in [-0.39, 0.29) is 6.04 Å². The van der Waals surface area contributed by atoms with E-state index in [2.05, 4.69) is 12.3 Å². The summed E-state index contributed by atoms with van der Waals surface area (Å²) < 4.78 is 0. The first-order chi connectivity index (χ1) is 5.57. The maximum atomic E-state index is 10.3. The van der Waals surface area contributed by atoms with E-state index < -0.39 is 12.0 Å². The molecule has 0 rings (SSSR count). The molecule has 0 saturated heterocycles. The van der Waals surface area contributed by atoms with Crippen molar-refractivity contribution in [2.45, 2.75) is 24.9 Å². The predicted octanol–water partition coefficient (Wildman–Crippen LogP) is -0.153. The summed E-state index contributed by atoms with van der Waals surface area (Å²) >= 11 is 0. The highest BCUT2D eigenvalue weighted by molar-refractivity contribution is 5.72. The number of carbonyl (C=O) groups is 1. The van der Waals surface area contributed by atoms with Crippen molar-refractivity contribution in [2.24, 2.45) is 11.5 Å². The van der Waals surface area contributed by atoms with Crippen molar-refractivity contribution < 1.29 is 9.90 Å². The molecule has 2 unspecified atom stereocenters. The molecule has 0 aliphatic carbocycles. The van der Waals surface area contributed by atoms with E-state index in [1.807, 2.05) is 0 Å². The minimum atomic E-state index is -0.996. The molecule has 5 N–H and O–H groups in total. The first-order valence-corrected chi connectivity index (χ1v) is 3.68. The largest absolute Gasteiger partial charge is 0.480 e. The van der Waals surface area contributed by atoms with Crippen molar-refractivity contribution in [3.63, 3.8) is 0 Å². The van der Waals surface area contributed by atoms with Gasteiger partial charge in [-0.3, -0.25) is 4.79 Å². The summed E-state index contributed by atoms with van der Waals surface area (Å²) in [5.41, 5.74) is 13.3. The van der Waals surface area contributed by atoms with E-state index in [9.17, 15) is 4.79 Å². The zero-order valence-corrected chi connectivity index (χ0v) is 6.86. The van der Waals surface area contributed by atoms with Gasteiger partial charge in [0.2, 0.25) is 0 Å². The summed E-state index contributed by atoms with van der Waals surface area (Å²) in [5, 5.41) is 8.42. The number of rotatable bonds is 5. The minimum Gasteiger partial charge on any atom is -0.480 e. The van der Waals surface area contributed by atoms with Crippen LogP contribution in [0, 0.1) is 0 Å². The predicted molar refractivity (Wildman–Crippen MR) is 46.5 cm³/mol. The summed E-state index contributed by atoms with van der Waals surface area (Å²) in [5.74, 6) is -0.996. The molecule has 0 aromatic rings. The van der Waals surface area contributed by atoms with Crippen LogP contribution in [0.3, 0.4) is 0 Å². The van der Waals surface area contributed by atoms with Gasteiger partial charge in [0.25, 0.3) is 0 Å². The normalized spacial score (nSPS) is 14.5. The molecule has 0 radical (unpaired) electrons. The molecule has 0 spiro atoms. The maximum absolute atomic E-state index is 10.3. The number of carboxylic acids is 1. The number of hydrogen-bond donors (Lipinski definition) is 3. The molecule has 0 bridgehead atoms. The van der Waals surface area contributed by atoms with Gasteiger partial charge in [-0.1, -0.05) is 6.58 Å². The number of aliphatic carboxylic acids is 1. The third kappa shape index (κ3) is 4.68. The highest BCUT2D eigenvalue weighted by Gasteiger charge is 2.11. The van der Waals surface area contributed by atoms with E-state index in [4.69, 9.17) is 16.6 Å². The molecule has 0 heterocycles. The van der Waals surface area contributed by atoms with Gasteiger partial charge >= 0.3 is 5.97 Å². The van der Waals surface area contributed by atoms with Gasteiger partial charge in [0.05, 0.1) is 0 Å². The molecule has 0 aromatic carbocycles. The Labute approximate surface area is 71.6 Å². The zero-order chi connectivity index (χ0) is 9.56. The third-order valence-electron chi connectivity index (χ3n) is 1.46. The van der Waals surface area contributed by atoms with E-state index >= 15 is 0 Å². The summed E-state index contributed by atoms with van der Waals surface area (Å²) in [6, 6.07) is -1.03. The van der Waals surface area contributed by atoms with Crippen molar-refractivity contribution in [3.05, 3.63) is 18.4 Å². The average molecular weight is 170 g/mol. The van der Waals surface area contributed by atoms with Crippen molar-refractivity contribution in [2.75, 3.05) is 0 Å². The molecule has 0 saturated carbocycles. The third-order valence-corrected chi connectivity index (χ3v) is 1.46. The Hall–Kier alpha value is -1.09. The van der Waals surface area contributed by atoms with Crippen LogP contribution in [0.25, 0.3) is 0 Å². The van der Waals surface area contributed by atoms with Crippen molar-refractivity contribution >= 4 is 5.97 Å². The number of hydrogen-bond acceptors (Lipinski definition) is 3. The Morgan fingerprint density at radius 1 is 1.58 bits per heavy atom. The van der Waals surface area contributed by atoms with Crippen molar-refractivity contribution in [1.82, 2.24) is 0 Å². The summed E-state index contributed by atoms with van der Waals surface area (Å²) in [7, 11) is 0. The lowest BCUT2D eigenvalue weighted by Crippen LogP contribution is -2.32. The first-order valence-electron chi connectivity index (χ1n) is 3.68. The Bertz CT molecular complexity index is 189. The molecule has 12 heavy (non-hydrogen) atoms. The molecule has 0 aliphatic heterocycles. The molecular weight excluding hydrogens is 156 g/mol. The lowest BCUT2D eigenvalue weighted by atomic mass is 10.1. The van der Waals surface area contributed by atoms with Crippen LogP contribution in [0.15, 0.2) is 18.4 Å². The summed E-state index contributed by atoms with van der Waals surface area (Å²) in [6.45, 7) is 3.35. The molecular formula is C8H14N2O2. The fourth-order valence-electron chi connectivity index (χ4n) is 0.730. The van der Waals surface area contributed by atoms with Gasteiger partial charge in [0.1, 0.15) is 6.04 Å². The molecule has 4 nitrogen and oxygen atoms in total. The van der Waals surface area contributed by atoms with Gasteiger partial charge < -0.3 is 16.6 Å². The van der Waals surface area contributed by atoms with Gasteiger partial charge in [-0.05, 0) is 18.9 Å². The average Bonchev–Trinajstić information content (AvgIpc) is 2.00. The van der Waals surface area contributed by atoms with Gasteiger partial charge in [-0.2, -0.15) is 0 Å². The first kappa shape index (κ1) is 10.9. The van der Waals surface area contributed by atoms with Crippen LogP contribution < -0.4 is 11.5 Å². The minimum absolute atomic E-state index is 0.201. The van der Waals surface area contributed by atoms with Crippen LogP contribution in [-0.2, 0) is 4.79 Å². The standard InChI is InChI=1S/C8H14N2O2/c1-2-3-6(9)4-5-7(10)8(11)12/h3,6-7H,1,4-5,9-10H2,(H,11,12). The quantitative estimate of drug-likeness (QED) is 0.500. The van der Waals surface area contributed by atoms with E-state index in [1.165, 1.54) is 0 Å². The smallest absolute Gasteiger partial charge is 0.320 e. The molecule has 2 atom stereocenters. The Morgan fingerprint density at radius 3 is 2.58 bits per heavy atom. The highest BCUT2D eigenvalue weighted by Crippen LogP contribution is 1.98. The van der Waals surface area contributed by atoms with Crippen LogP contribution in [0.1, 0.15) is 12.8 Å². The van der Waals surface area contributed by atoms with Crippen LogP contribution in [0.5, 0.6) is 0 Å². The highest BCUT2D eigenvalue weighted by atomic mass is 16.4. The monoisotopic (exact) mass is 170 g/mol. The summed E-state index contributed by atoms with van der Waals surface area (Å²) in [4.78, 5) is 10.3. The maximum Gasteiger partial charge on any atom is 0.320 e. The Morgan fingerprint density at radius 2 is 2.17 bits per heavy atom. The second kappa shape index (κ2) is 5.55. The SMILES string of the molecule is C=C=CC(N)CCC(N)C(=O)O. The van der Waals surface area contributed by atoms with Crippen molar-refractivity contribution in [1.29, 1.82) is 0 Å². The molecule has 68 valence electrons. The van der Waals surface area contributed by atoms with Crippen molar-refractivity contribution in [3.8, 4) is 0 Å². The lowest BCUT2D eigenvalue weighted by Gasteiger charge is -2.08. The van der Waals surface area contributed by atoms with Crippen LogP contribution >= 0.6 is 0 Å². The second-order valence-electron chi connectivity index (χ2n) is 2.56. The number of carboxylic acid groups (broad SMARTS) is 1. The van der Waals surface area contributed by atoms with E-state index in [1.54, 1.807) is 6.08 Å². The van der Waals surface area contributed by atoms with Gasteiger partial charge in [0.15, 0.2) is 0 Å². The van der Waals surface area contributed by atoms with Gasteiger partial charge in [0, 0.05) is 6.04 Å². The van der Waals surface area contributed by atoms with E-state index in [0.717, 1.165) is 0 Å².